The summed E-state index contributed by atoms with van der Waals surface area (Å²) in [5.74, 6) is 1.99. The monoisotopic (exact) mass is 742 g/mol. The summed E-state index contributed by atoms with van der Waals surface area (Å²) in [7, 11) is 0. The third-order valence-electron chi connectivity index (χ3n) is 11.9. The van der Waals surface area contributed by atoms with Crippen LogP contribution < -0.4 is 0 Å². The van der Waals surface area contributed by atoms with Gasteiger partial charge in [-0.3, -0.25) is 0 Å². The SMILES string of the molecule is CC1(C)c2cc(-c3nc(-c4ccccc4)nc(-c4ccccc4)n3)ccc2-c2ccc(-n3c4ccc(-c5ccccc5)cc4c4cc(-c5ccccc5)ccc43)cc21. The van der Waals surface area contributed by atoms with Crippen molar-refractivity contribution in [1.82, 2.24) is 19.5 Å². The first-order valence-corrected chi connectivity index (χ1v) is 19.9. The van der Waals surface area contributed by atoms with Gasteiger partial charge in [0.1, 0.15) is 0 Å². The first-order valence-electron chi connectivity index (χ1n) is 19.9. The third kappa shape index (κ3) is 5.56. The van der Waals surface area contributed by atoms with Crippen molar-refractivity contribution in [3.63, 3.8) is 0 Å². The Kier molecular flexibility index (Phi) is 7.80. The van der Waals surface area contributed by atoms with Gasteiger partial charge in [-0.05, 0) is 87.0 Å². The molecular weight excluding hydrogens is 705 g/mol. The van der Waals surface area contributed by atoms with E-state index in [9.17, 15) is 0 Å². The fourth-order valence-electron chi connectivity index (χ4n) is 8.86. The standard InChI is InChI=1S/C54H38N4/c1-54(2)47-33-41(53-56-51(37-19-11-5-12-20-37)55-52(57-53)38-21-13-6-14-22-38)23-27-43(47)44-28-26-42(34-48(44)54)58-49-29-24-39(35-15-7-3-8-16-35)31-45(49)46-32-40(25-30-50(46)58)36-17-9-4-10-18-36/h3-34H,1-2H3. The van der Waals surface area contributed by atoms with Gasteiger partial charge in [-0.15, -0.1) is 0 Å². The fraction of sp³-hybridized carbons (Fsp3) is 0.0556. The van der Waals surface area contributed by atoms with Gasteiger partial charge in [0.05, 0.1) is 11.0 Å². The molecule has 0 aliphatic heterocycles. The molecule has 4 nitrogen and oxygen atoms in total. The first-order chi connectivity index (χ1) is 28.5. The van der Waals surface area contributed by atoms with E-state index in [1.807, 2.05) is 36.4 Å². The lowest BCUT2D eigenvalue weighted by molar-refractivity contribution is 0.660. The summed E-state index contributed by atoms with van der Waals surface area (Å²) in [4.78, 5) is 15.0. The molecule has 58 heavy (non-hydrogen) atoms. The number of nitrogens with zero attached hydrogens (tertiary/aromatic N) is 4. The van der Waals surface area contributed by atoms with E-state index in [0.717, 1.165) is 22.4 Å². The Balaban J connectivity index is 1.04. The van der Waals surface area contributed by atoms with Gasteiger partial charge in [-0.25, -0.2) is 15.0 Å². The van der Waals surface area contributed by atoms with E-state index in [1.165, 1.54) is 66.3 Å². The second-order valence-corrected chi connectivity index (χ2v) is 15.7. The molecule has 10 aromatic rings. The van der Waals surface area contributed by atoms with Crippen LogP contribution >= 0.6 is 0 Å². The van der Waals surface area contributed by atoms with Gasteiger partial charge in [0.2, 0.25) is 0 Å². The van der Waals surface area contributed by atoms with Crippen molar-refractivity contribution in [1.29, 1.82) is 0 Å². The molecule has 4 heteroatoms. The molecule has 0 saturated heterocycles. The largest absolute Gasteiger partial charge is 0.309 e. The highest BCUT2D eigenvalue weighted by Crippen LogP contribution is 2.51. The first kappa shape index (κ1) is 33.9. The molecule has 8 aromatic carbocycles. The Morgan fingerprint density at radius 2 is 0.741 bits per heavy atom. The lowest BCUT2D eigenvalue weighted by atomic mass is 9.82. The van der Waals surface area contributed by atoms with Crippen LogP contribution in [0.3, 0.4) is 0 Å². The van der Waals surface area contributed by atoms with Gasteiger partial charge in [-0.1, -0.05) is 166 Å². The molecule has 0 saturated carbocycles. The van der Waals surface area contributed by atoms with Crippen molar-refractivity contribution in [2.24, 2.45) is 0 Å². The zero-order valence-corrected chi connectivity index (χ0v) is 32.3. The molecule has 0 bridgehead atoms. The average Bonchev–Trinajstić information content (AvgIpc) is 3.74. The normalized spacial score (nSPS) is 12.8. The lowest BCUT2D eigenvalue weighted by Gasteiger charge is -2.23. The second-order valence-electron chi connectivity index (χ2n) is 15.7. The predicted octanol–water partition coefficient (Wildman–Crippen LogP) is 13.6. The van der Waals surface area contributed by atoms with Crippen LogP contribution in [0.15, 0.2) is 194 Å². The van der Waals surface area contributed by atoms with E-state index in [1.54, 1.807) is 0 Å². The van der Waals surface area contributed by atoms with Gasteiger partial charge in [0.15, 0.2) is 17.5 Å². The van der Waals surface area contributed by atoms with Crippen molar-refractivity contribution in [2.75, 3.05) is 0 Å². The van der Waals surface area contributed by atoms with Crippen LogP contribution in [-0.4, -0.2) is 19.5 Å². The van der Waals surface area contributed by atoms with Crippen molar-refractivity contribution in [2.45, 2.75) is 19.3 Å². The molecule has 0 amide bonds. The highest BCUT2D eigenvalue weighted by molar-refractivity contribution is 6.11. The zero-order valence-electron chi connectivity index (χ0n) is 32.3. The zero-order chi connectivity index (χ0) is 38.8. The minimum atomic E-state index is -0.270. The number of aromatic nitrogens is 4. The Morgan fingerprint density at radius 3 is 1.22 bits per heavy atom. The van der Waals surface area contributed by atoms with E-state index in [0.29, 0.717) is 17.5 Å². The quantitative estimate of drug-likeness (QED) is 0.170. The Bertz CT molecular complexity index is 3010. The molecule has 2 heterocycles. The average molecular weight is 743 g/mol. The van der Waals surface area contributed by atoms with Crippen LogP contribution in [0.1, 0.15) is 25.0 Å². The second kappa shape index (κ2) is 13.4. The van der Waals surface area contributed by atoms with Crippen molar-refractivity contribution < 1.29 is 0 Å². The van der Waals surface area contributed by atoms with E-state index >= 15 is 0 Å². The minimum Gasteiger partial charge on any atom is -0.309 e. The van der Waals surface area contributed by atoms with Crippen LogP contribution in [-0.2, 0) is 5.41 Å². The summed E-state index contributed by atoms with van der Waals surface area (Å²) in [5.41, 5.74) is 16.1. The van der Waals surface area contributed by atoms with Gasteiger partial charge in [0, 0.05) is 38.6 Å². The molecule has 11 rings (SSSR count). The van der Waals surface area contributed by atoms with Crippen LogP contribution in [0.25, 0.3) is 95.0 Å². The van der Waals surface area contributed by atoms with E-state index < -0.39 is 0 Å². The summed E-state index contributed by atoms with van der Waals surface area (Å²) in [5, 5.41) is 2.48. The van der Waals surface area contributed by atoms with Gasteiger partial charge >= 0.3 is 0 Å². The number of fused-ring (bicyclic) bond motifs is 6. The molecule has 2 aromatic heterocycles. The number of rotatable bonds is 6. The van der Waals surface area contributed by atoms with Crippen molar-refractivity contribution in [3.05, 3.63) is 205 Å². The fourth-order valence-corrected chi connectivity index (χ4v) is 8.86. The lowest BCUT2D eigenvalue weighted by Crippen LogP contribution is -2.15. The van der Waals surface area contributed by atoms with Gasteiger partial charge in [0.25, 0.3) is 0 Å². The van der Waals surface area contributed by atoms with Crippen LogP contribution in [0.4, 0.5) is 0 Å². The molecule has 0 radical (unpaired) electrons. The summed E-state index contributed by atoms with van der Waals surface area (Å²) in [6, 6.07) is 69.2. The van der Waals surface area contributed by atoms with Crippen LogP contribution in [0.2, 0.25) is 0 Å². The van der Waals surface area contributed by atoms with E-state index in [2.05, 4.69) is 176 Å². The summed E-state index contributed by atoms with van der Waals surface area (Å²) < 4.78 is 2.44. The highest BCUT2D eigenvalue weighted by Gasteiger charge is 2.36. The Labute approximate surface area is 337 Å². The molecular formula is C54H38N4. The summed E-state index contributed by atoms with van der Waals surface area (Å²) in [6.45, 7) is 4.68. The van der Waals surface area contributed by atoms with E-state index in [4.69, 9.17) is 15.0 Å². The van der Waals surface area contributed by atoms with Gasteiger partial charge < -0.3 is 4.57 Å². The topological polar surface area (TPSA) is 43.6 Å². The van der Waals surface area contributed by atoms with Crippen LogP contribution in [0.5, 0.6) is 0 Å². The molecule has 0 fully saturated rings. The maximum Gasteiger partial charge on any atom is 0.164 e. The molecule has 0 unspecified atom stereocenters. The van der Waals surface area contributed by atoms with E-state index in [-0.39, 0.29) is 5.41 Å². The smallest absolute Gasteiger partial charge is 0.164 e. The summed E-state index contributed by atoms with van der Waals surface area (Å²) in [6.07, 6.45) is 0. The molecule has 0 spiro atoms. The Hall–Kier alpha value is -7.43. The predicted molar refractivity (Wildman–Crippen MR) is 239 cm³/mol. The molecule has 274 valence electrons. The minimum absolute atomic E-state index is 0.270. The Morgan fingerprint density at radius 1 is 0.345 bits per heavy atom. The molecule has 0 N–H and O–H groups in total. The summed E-state index contributed by atoms with van der Waals surface area (Å²) >= 11 is 0. The molecule has 1 aliphatic carbocycles. The van der Waals surface area contributed by atoms with Gasteiger partial charge in [-0.2, -0.15) is 0 Å². The number of hydrogen-bond acceptors (Lipinski definition) is 3. The van der Waals surface area contributed by atoms with Crippen LogP contribution in [0, 0.1) is 0 Å². The molecule has 1 aliphatic rings. The third-order valence-corrected chi connectivity index (χ3v) is 11.9. The highest BCUT2D eigenvalue weighted by atomic mass is 15.0. The maximum absolute atomic E-state index is 5.05. The number of hydrogen-bond donors (Lipinski definition) is 0. The van der Waals surface area contributed by atoms with Crippen molar-refractivity contribution in [3.8, 4) is 73.2 Å². The maximum atomic E-state index is 5.05. The number of benzene rings is 8. The van der Waals surface area contributed by atoms with Crippen molar-refractivity contribution >= 4 is 21.8 Å². The molecule has 0 atom stereocenters.